The molecule has 2 aliphatic heterocycles. The van der Waals surface area contributed by atoms with Gasteiger partial charge in [0.15, 0.2) is 11.4 Å². The van der Waals surface area contributed by atoms with Crippen LogP contribution < -0.4 is 5.73 Å². The molecule has 6 aromatic rings. The molecule has 2 fully saturated rings. The fourth-order valence-electron chi connectivity index (χ4n) is 10.2. The van der Waals surface area contributed by atoms with Crippen molar-refractivity contribution in [2.45, 2.75) is 95.0 Å². The van der Waals surface area contributed by atoms with Crippen molar-refractivity contribution in [1.82, 2.24) is 19.8 Å². The third kappa shape index (κ3) is 9.61. The maximum atomic E-state index is 14.5. The first-order chi connectivity index (χ1) is 33.3. The van der Waals surface area contributed by atoms with E-state index in [1.165, 1.54) is 11.1 Å². The first-order valence-corrected chi connectivity index (χ1v) is 24.0. The minimum Gasteiger partial charge on any atom is -0.426 e. The van der Waals surface area contributed by atoms with E-state index in [1.807, 2.05) is 84.9 Å². The summed E-state index contributed by atoms with van der Waals surface area (Å²) in [6.45, 7) is 12.6. The van der Waals surface area contributed by atoms with Gasteiger partial charge in [-0.1, -0.05) is 161 Å². The van der Waals surface area contributed by atoms with Gasteiger partial charge in [0, 0.05) is 50.4 Å². The molecule has 2 N–H and O–H groups in total. The van der Waals surface area contributed by atoms with Crippen molar-refractivity contribution in [1.29, 1.82) is 0 Å². The number of benzene rings is 4. The number of esters is 2. The number of nitro groups is 1. The van der Waals surface area contributed by atoms with Gasteiger partial charge in [-0.05, 0) is 75.3 Å². The maximum Gasteiger partial charge on any atom is 0.387 e. The Morgan fingerprint density at radius 3 is 1.38 bits per heavy atom. The maximum absolute atomic E-state index is 14.5. The number of pyridine rings is 2. The Morgan fingerprint density at radius 2 is 1.01 bits per heavy atom. The second kappa shape index (κ2) is 20.0. The number of hydrogen-bond acceptors (Lipinski definition) is 11. The lowest BCUT2D eigenvalue weighted by Crippen LogP contribution is -2.59. The smallest absolute Gasteiger partial charge is 0.387 e. The van der Waals surface area contributed by atoms with Gasteiger partial charge in [-0.2, -0.15) is 0 Å². The number of aromatic nitrogens is 2. The second-order valence-electron chi connectivity index (χ2n) is 19.5. The molecule has 1 aliphatic carbocycles. The molecule has 0 amide bonds. The van der Waals surface area contributed by atoms with Crippen LogP contribution in [-0.2, 0) is 9.47 Å². The summed E-state index contributed by atoms with van der Waals surface area (Å²) in [5.74, 6) is -1.53. The van der Waals surface area contributed by atoms with E-state index in [9.17, 15) is 19.7 Å². The summed E-state index contributed by atoms with van der Waals surface area (Å²) in [5, 5.41) is 13.3. The zero-order valence-corrected chi connectivity index (χ0v) is 39.9. The van der Waals surface area contributed by atoms with Crippen LogP contribution in [-0.4, -0.2) is 74.6 Å². The Labute approximate surface area is 404 Å². The minimum absolute atomic E-state index is 0.00802. The van der Waals surface area contributed by atoms with Crippen molar-refractivity contribution in [2.24, 2.45) is 5.73 Å². The van der Waals surface area contributed by atoms with Crippen molar-refractivity contribution in [3.63, 3.8) is 0 Å². The minimum atomic E-state index is -2.45. The van der Waals surface area contributed by atoms with Crippen LogP contribution in [0.1, 0.15) is 149 Å². The lowest BCUT2D eigenvalue weighted by molar-refractivity contribution is -0.625. The molecule has 2 aromatic heterocycles. The monoisotopic (exact) mass is 924 g/mol. The number of ether oxygens (including phenoxy) is 2. The van der Waals surface area contributed by atoms with E-state index in [4.69, 9.17) is 20.2 Å². The van der Waals surface area contributed by atoms with Gasteiger partial charge in [-0.3, -0.25) is 19.9 Å². The van der Waals surface area contributed by atoms with Crippen LogP contribution in [0.2, 0.25) is 0 Å². The fourth-order valence-corrected chi connectivity index (χ4v) is 10.2. The summed E-state index contributed by atoms with van der Waals surface area (Å²) in [5.41, 5.74) is 12.9. The van der Waals surface area contributed by atoms with Gasteiger partial charge in [0.25, 0.3) is 0 Å². The molecule has 2 saturated heterocycles. The van der Waals surface area contributed by atoms with Gasteiger partial charge >= 0.3 is 17.7 Å². The molecule has 0 saturated carbocycles. The van der Waals surface area contributed by atoms with Gasteiger partial charge in [0.2, 0.25) is 0 Å². The zero-order valence-electron chi connectivity index (χ0n) is 39.9. The van der Waals surface area contributed by atoms with Crippen LogP contribution in [0.15, 0.2) is 157 Å². The summed E-state index contributed by atoms with van der Waals surface area (Å²) >= 11 is 0. The number of nitrogens with two attached hydrogens (primary N) is 1. The van der Waals surface area contributed by atoms with E-state index in [0.717, 1.165) is 27.8 Å². The Balaban J connectivity index is 0.954. The number of carbonyl (C=O) groups is 2. The van der Waals surface area contributed by atoms with Gasteiger partial charge in [-0.15, -0.1) is 0 Å². The summed E-state index contributed by atoms with van der Waals surface area (Å²) in [6, 6.07) is 44.2. The Hall–Kier alpha value is -6.86. The quantitative estimate of drug-likeness (QED) is 0.0453. The van der Waals surface area contributed by atoms with Crippen LogP contribution in [0.5, 0.6) is 0 Å². The average molecular weight is 925 g/mol. The molecule has 69 heavy (non-hydrogen) atoms. The van der Waals surface area contributed by atoms with E-state index >= 15 is 0 Å². The summed E-state index contributed by atoms with van der Waals surface area (Å²) in [6.07, 6.45) is 2.73. The molecule has 0 radical (unpaired) electrons. The Morgan fingerprint density at radius 1 is 0.638 bits per heavy atom. The molecule has 0 unspecified atom stereocenters. The first-order valence-electron chi connectivity index (χ1n) is 24.0. The third-order valence-electron chi connectivity index (χ3n) is 14.3. The highest BCUT2D eigenvalue weighted by Gasteiger charge is 2.58. The molecule has 354 valence electrons. The molecule has 3 aliphatic rings. The summed E-state index contributed by atoms with van der Waals surface area (Å²) in [4.78, 5) is 55.7. The van der Waals surface area contributed by atoms with E-state index < -0.39 is 35.0 Å². The molecule has 2 atom stereocenters. The lowest BCUT2D eigenvalue weighted by atomic mass is 9.84. The number of likely N-dealkylation sites (tertiary alicyclic amines) is 2. The molecule has 0 bridgehead atoms. The van der Waals surface area contributed by atoms with E-state index in [0.29, 0.717) is 37.3 Å². The average Bonchev–Trinajstić information content (AvgIpc) is 3.33. The molecular formula is C57H60N6O6. The largest absolute Gasteiger partial charge is 0.426 e. The van der Waals surface area contributed by atoms with Crippen LogP contribution in [0.25, 0.3) is 0 Å². The molecule has 9 rings (SSSR count). The molecule has 0 spiro atoms. The van der Waals surface area contributed by atoms with Gasteiger partial charge < -0.3 is 15.2 Å². The Bertz CT molecular complexity index is 2750. The molecule has 4 heterocycles. The molecule has 12 heteroatoms. The van der Waals surface area contributed by atoms with E-state index in [1.54, 1.807) is 19.3 Å². The van der Waals surface area contributed by atoms with Gasteiger partial charge in [-0.25, -0.2) is 19.6 Å². The molecule has 12 nitrogen and oxygen atoms in total. The predicted octanol–water partition coefficient (Wildman–Crippen LogP) is 10.5. The molecule has 4 aromatic carbocycles. The number of carbonyl (C=O) groups excluding carboxylic acids is 2. The second-order valence-corrected chi connectivity index (χ2v) is 19.5. The standard InChI is InChI=1S/C57H60N6O6/c1-36(2)43-27-47(45-32-61(33-45)53(39-18-10-6-11-19-39)40-20-12-7-13-21-40)51(59-30-43)55(64)68-49-29-57(63(66)67,50(58)26-38(49)5)69-56(65)52-48(28-44(31-60-52)37(3)4)46-34-62(35-46)54(41-22-14-8-15-23-41)42-24-16-9-17-25-42/h6-25,27-28,30-31,36-37,45-46,50,53-54H,26,29,32-35,58H2,1-5H3/t50-,57-/m1/s1. The van der Waals surface area contributed by atoms with Crippen molar-refractivity contribution < 1.29 is 24.0 Å². The summed E-state index contributed by atoms with van der Waals surface area (Å²) < 4.78 is 12.2. The van der Waals surface area contributed by atoms with Crippen LogP contribution in [0, 0.1) is 10.1 Å². The van der Waals surface area contributed by atoms with Crippen molar-refractivity contribution in [3.8, 4) is 0 Å². The summed E-state index contributed by atoms with van der Waals surface area (Å²) in [7, 11) is 0. The van der Waals surface area contributed by atoms with Gasteiger partial charge in [0.1, 0.15) is 18.2 Å². The Kier molecular flexibility index (Phi) is 13.7. The number of rotatable bonds is 15. The van der Waals surface area contributed by atoms with Crippen LogP contribution in [0.3, 0.4) is 0 Å². The fraction of sp³-hybridized carbons (Fsp3) is 0.333. The van der Waals surface area contributed by atoms with E-state index in [-0.39, 0.29) is 59.3 Å². The van der Waals surface area contributed by atoms with Crippen molar-refractivity contribution in [2.75, 3.05) is 26.2 Å². The first kappa shape index (κ1) is 47.2. The highest BCUT2D eigenvalue weighted by atomic mass is 16.7. The number of nitrogens with zero attached hydrogens (tertiary/aromatic N) is 5. The predicted molar refractivity (Wildman–Crippen MR) is 265 cm³/mol. The third-order valence-corrected chi connectivity index (χ3v) is 14.3. The highest BCUT2D eigenvalue weighted by Crippen LogP contribution is 2.43. The highest BCUT2D eigenvalue weighted by molar-refractivity contribution is 5.91. The molecular weight excluding hydrogens is 865 g/mol. The number of hydrogen-bond donors (Lipinski definition) is 1. The normalized spacial score (nSPS) is 19.2. The van der Waals surface area contributed by atoms with Crippen molar-refractivity contribution >= 4 is 11.9 Å². The van der Waals surface area contributed by atoms with Crippen LogP contribution >= 0.6 is 0 Å². The van der Waals surface area contributed by atoms with Crippen molar-refractivity contribution in [3.05, 3.63) is 223 Å². The topological polar surface area (TPSA) is 154 Å². The lowest BCUT2D eigenvalue weighted by Gasteiger charge is -2.45. The zero-order chi connectivity index (χ0) is 48.4. The van der Waals surface area contributed by atoms with Crippen LogP contribution in [0.4, 0.5) is 0 Å². The van der Waals surface area contributed by atoms with E-state index in [2.05, 4.69) is 91.0 Å². The van der Waals surface area contributed by atoms with Gasteiger partial charge in [0.05, 0.1) is 17.0 Å². The SMILES string of the molecule is CC1=C(OC(=O)c2ncc(C(C)C)cc2C2CN(C(c3ccccc3)c3ccccc3)C2)C[C@](OC(=O)c2ncc(C(C)C)cc2C2CN(C(c3ccccc3)c3ccccc3)C2)([N+](=O)[O-])[C@H](N)C1.